The first-order valence-electron chi connectivity index (χ1n) is 6.65. The van der Waals surface area contributed by atoms with E-state index < -0.39 is 0 Å². The molecule has 2 N–H and O–H groups in total. The molecule has 0 heterocycles. The van der Waals surface area contributed by atoms with Crippen LogP contribution in [0.3, 0.4) is 0 Å². The number of nitrogens with one attached hydrogen (secondary N) is 2. The van der Waals surface area contributed by atoms with Crippen LogP contribution in [0.5, 0.6) is 0 Å². The fourth-order valence-electron chi connectivity index (χ4n) is 1.88. The van der Waals surface area contributed by atoms with Crippen LogP contribution in [0.25, 0.3) is 0 Å². The molecule has 1 amide bonds. The van der Waals surface area contributed by atoms with E-state index in [4.69, 9.17) is 0 Å². The maximum atomic E-state index is 11.5. The van der Waals surface area contributed by atoms with Gasteiger partial charge < -0.3 is 10.6 Å². The summed E-state index contributed by atoms with van der Waals surface area (Å²) in [5, 5.41) is 6.17. The molecular weight excluding hydrogens is 224 g/mol. The second-order valence-corrected chi connectivity index (χ2v) is 4.89. The number of anilines is 1. The zero-order chi connectivity index (χ0) is 13.5. The molecule has 100 valence electrons. The molecule has 0 fully saturated rings. The van der Waals surface area contributed by atoms with Gasteiger partial charge in [-0.1, -0.05) is 13.0 Å². The highest BCUT2D eigenvalue weighted by Gasteiger charge is 2.03. The quantitative estimate of drug-likeness (QED) is 0.812. The van der Waals surface area contributed by atoms with Gasteiger partial charge in [-0.2, -0.15) is 0 Å². The lowest BCUT2D eigenvalue weighted by Crippen LogP contribution is -2.31. The van der Waals surface area contributed by atoms with Crippen LogP contribution in [0.15, 0.2) is 18.2 Å². The Morgan fingerprint density at radius 2 is 2.06 bits per heavy atom. The van der Waals surface area contributed by atoms with Gasteiger partial charge in [-0.3, -0.25) is 4.79 Å². The van der Waals surface area contributed by atoms with Crippen LogP contribution in [0.4, 0.5) is 5.69 Å². The van der Waals surface area contributed by atoms with Crippen LogP contribution in [0.2, 0.25) is 0 Å². The van der Waals surface area contributed by atoms with Crippen LogP contribution >= 0.6 is 0 Å². The monoisotopic (exact) mass is 248 g/mol. The summed E-state index contributed by atoms with van der Waals surface area (Å²) < 4.78 is 0. The van der Waals surface area contributed by atoms with Gasteiger partial charge >= 0.3 is 0 Å². The minimum absolute atomic E-state index is 0.0975. The van der Waals surface area contributed by atoms with E-state index in [1.54, 1.807) is 0 Å². The molecule has 0 spiro atoms. The number of carbonyl (C=O) groups excluding carboxylic acids is 1. The molecule has 0 saturated carbocycles. The van der Waals surface area contributed by atoms with E-state index in [0.29, 0.717) is 13.0 Å². The zero-order valence-electron chi connectivity index (χ0n) is 11.8. The van der Waals surface area contributed by atoms with Crippen LogP contribution < -0.4 is 10.6 Å². The van der Waals surface area contributed by atoms with Gasteiger partial charge in [0.1, 0.15) is 0 Å². The average Bonchev–Trinajstić information content (AvgIpc) is 2.30. The maximum Gasteiger partial charge on any atom is 0.221 e. The Labute approximate surface area is 110 Å². The molecule has 0 unspecified atom stereocenters. The van der Waals surface area contributed by atoms with Crippen molar-refractivity contribution in [1.29, 1.82) is 0 Å². The smallest absolute Gasteiger partial charge is 0.221 e. The van der Waals surface area contributed by atoms with Crippen molar-refractivity contribution in [2.75, 3.05) is 11.9 Å². The molecule has 0 aliphatic rings. The molecule has 3 heteroatoms. The van der Waals surface area contributed by atoms with E-state index in [2.05, 4.69) is 42.7 Å². The van der Waals surface area contributed by atoms with E-state index in [9.17, 15) is 4.79 Å². The molecule has 0 aliphatic heterocycles. The van der Waals surface area contributed by atoms with Crippen LogP contribution in [0.1, 0.15) is 38.3 Å². The Balaban J connectivity index is 2.42. The number of aryl methyl sites for hydroxylation is 2. The highest BCUT2D eigenvalue weighted by molar-refractivity contribution is 5.76. The summed E-state index contributed by atoms with van der Waals surface area (Å²) in [5.41, 5.74) is 3.77. The van der Waals surface area contributed by atoms with E-state index in [-0.39, 0.29) is 11.9 Å². The number of hydrogen-bond donors (Lipinski definition) is 2. The van der Waals surface area contributed by atoms with Gasteiger partial charge in [0.2, 0.25) is 5.91 Å². The van der Waals surface area contributed by atoms with Gasteiger partial charge in [0, 0.05) is 24.7 Å². The molecular formula is C15H24N2O. The molecule has 0 aliphatic carbocycles. The summed E-state index contributed by atoms with van der Waals surface area (Å²) in [6.07, 6.45) is 1.54. The molecule has 1 aromatic rings. The van der Waals surface area contributed by atoms with Crippen molar-refractivity contribution in [3.05, 3.63) is 29.3 Å². The number of hydrogen-bond acceptors (Lipinski definition) is 2. The average molecular weight is 248 g/mol. The van der Waals surface area contributed by atoms with Gasteiger partial charge in [-0.15, -0.1) is 0 Å². The predicted octanol–water partition coefficient (Wildman–Crippen LogP) is 2.88. The Morgan fingerprint density at radius 1 is 1.33 bits per heavy atom. The van der Waals surface area contributed by atoms with Crippen molar-refractivity contribution >= 4 is 11.6 Å². The van der Waals surface area contributed by atoms with E-state index in [1.807, 2.05) is 13.8 Å². The molecule has 18 heavy (non-hydrogen) atoms. The van der Waals surface area contributed by atoms with Crippen LogP contribution in [-0.2, 0) is 11.2 Å². The van der Waals surface area contributed by atoms with Crippen molar-refractivity contribution in [2.24, 2.45) is 0 Å². The lowest BCUT2D eigenvalue weighted by molar-refractivity contribution is -0.121. The van der Waals surface area contributed by atoms with Gasteiger partial charge in [0.05, 0.1) is 0 Å². The second-order valence-electron chi connectivity index (χ2n) is 4.89. The number of benzene rings is 1. The second kappa shape index (κ2) is 7.04. The summed E-state index contributed by atoms with van der Waals surface area (Å²) in [5.74, 6) is 0.0975. The number of amides is 1. The lowest BCUT2D eigenvalue weighted by Gasteiger charge is -2.11. The van der Waals surface area contributed by atoms with E-state index in [0.717, 1.165) is 12.1 Å². The topological polar surface area (TPSA) is 41.1 Å². The summed E-state index contributed by atoms with van der Waals surface area (Å²) in [6, 6.07) is 6.56. The molecule has 1 rings (SSSR count). The lowest BCUT2D eigenvalue weighted by atomic mass is 10.1. The first kappa shape index (κ1) is 14.6. The summed E-state index contributed by atoms with van der Waals surface area (Å²) >= 11 is 0. The highest BCUT2D eigenvalue weighted by atomic mass is 16.1. The van der Waals surface area contributed by atoms with Gasteiger partial charge in [0.15, 0.2) is 0 Å². The van der Waals surface area contributed by atoms with E-state index >= 15 is 0 Å². The summed E-state index contributed by atoms with van der Waals surface area (Å²) in [6.45, 7) is 8.89. The minimum atomic E-state index is 0.0975. The standard InChI is InChI=1S/C15H24N2O/c1-5-13-10-14(7-6-12(13)4)16-9-8-15(18)17-11(2)3/h6-7,10-11,16H,5,8-9H2,1-4H3,(H,17,18). The SMILES string of the molecule is CCc1cc(NCCC(=O)NC(C)C)ccc1C. The van der Waals surface area contributed by atoms with Crippen LogP contribution in [-0.4, -0.2) is 18.5 Å². The Kier molecular flexibility index (Phi) is 5.69. The number of rotatable bonds is 6. The van der Waals surface area contributed by atoms with Crippen molar-refractivity contribution in [2.45, 2.75) is 46.6 Å². The molecule has 0 saturated heterocycles. The first-order valence-corrected chi connectivity index (χ1v) is 6.65. The van der Waals surface area contributed by atoms with Crippen molar-refractivity contribution in [1.82, 2.24) is 5.32 Å². The van der Waals surface area contributed by atoms with Crippen molar-refractivity contribution in [3.8, 4) is 0 Å². The Morgan fingerprint density at radius 3 is 2.67 bits per heavy atom. The fraction of sp³-hybridized carbons (Fsp3) is 0.533. The Bertz CT molecular complexity index is 399. The predicted molar refractivity (Wildman–Crippen MR) is 76.9 cm³/mol. The molecule has 0 aromatic heterocycles. The third kappa shape index (κ3) is 4.78. The maximum absolute atomic E-state index is 11.5. The fourth-order valence-corrected chi connectivity index (χ4v) is 1.88. The largest absolute Gasteiger partial charge is 0.385 e. The third-order valence-corrected chi connectivity index (χ3v) is 2.86. The van der Waals surface area contributed by atoms with Gasteiger partial charge in [-0.05, 0) is 50.5 Å². The minimum Gasteiger partial charge on any atom is -0.385 e. The molecule has 0 radical (unpaired) electrons. The van der Waals surface area contributed by atoms with E-state index in [1.165, 1.54) is 11.1 Å². The van der Waals surface area contributed by atoms with Crippen molar-refractivity contribution in [3.63, 3.8) is 0 Å². The Hall–Kier alpha value is -1.51. The summed E-state index contributed by atoms with van der Waals surface area (Å²) in [7, 11) is 0. The van der Waals surface area contributed by atoms with Gasteiger partial charge in [-0.25, -0.2) is 0 Å². The molecule has 0 atom stereocenters. The third-order valence-electron chi connectivity index (χ3n) is 2.86. The first-order chi connectivity index (χ1) is 8.52. The van der Waals surface area contributed by atoms with Crippen molar-refractivity contribution < 1.29 is 4.79 Å². The highest BCUT2D eigenvalue weighted by Crippen LogP contribution is 2.15. The molecule has 0 bridgehead atoms. The normalized spacial score (nSPS) is 10.5. The summed E-state index contributed by atoms with van der Waals surface area (Å²) in [4.78, 5) is 11.5. The van der Waals surface area contributed by atoms with Gasteiger partial charge in [0.25, 0.3) is 0 Å². The molecule has 3 nitrogen and oxygen atoms in total. The zero-order valence-corrected chi connectivity index (χ0v) is 11.8. The number of carbonyl (C=O) groups is 1. The molecule has 1 aromatic carbocycles. The van der Waals surface area contributed by atoms with Crippen LogP contribution in [0, 0.1) is 6.92 Å².